The summed E-state index contributed by atoms with van der Waals surface area (Å²) in [6, 6.07) is 15.9. The van der Waals surface area contributed by atoms with E-state index in [9.17, 15) is 9.59 Å². The van der Waals surface area contributed by atoms with E-state index in [1.54, 1.807) is 43.1 Å². The second-order valence-corrected chi connectivity index (χ2v) is 8.51. The van der Waals surface area contributed by atoms with Crippen molar-refractivity contribution in [3.63, 3.8) is 0 Å². The zero-order valence-electron chi connectivity index (χ0n) is 17.5. The standard InChI is InChI=1S/C23H28ClN3O2S/c1-25(22(28)17-24)20-7-5-19(6-8-20)23(29)27-15-13-26(14-16-27)12-11-18-3-9-21(30-2)10-4-18/h3-10H,11-17H2,1-2H3. The van der Waals surface area contributed by atoms with Gasteiger partial charge in [0, 0.05) is 55.9 Å². The van der Waals surface area contributed by atoms with Crippen LogP contribution in [0.3, 0.4) is 0 Å². The second-order valence-electron chi connectivity index (χ2n) is 7.37. The minimum Gasteiger partial charge on any atom is -0.336 e. The molecule has 0 unspecified atom stereocenters. The van der Waals surface area contributed by atoms with E-state index in [1.165, 1.54) is 15.4 Å². The SMILES string of the molecule is CSc1ccc(CCN2CCN(C(=O)c3ccc(N(C)C(=O)CCl)cc3)CC2)cc1. The predicted octanol–water partition coefficient (Wildman–Crippen LogP) is 3.61. The van der Waals surface area contributed by atoms with Gasteiger partial charge in [0.25, 0.3) is 5.91 Å². The van der Waals surface area contributed by atoms with Gasteiger partial charge in [0.15, 0.2) is 0 Å². The van der Waals surface area contributed by atoms with Gasteiger partial charge in [-0.05, 0) is 54.6 Å². The van der Waals surface area contributed by atoms with Gasteiger partial charge in [-0.15, -0.1) is 23.4 Å². The lowest BCUT2D eigenvalue weighted by molar-refractivity contribution is -0.116. The summed E-state index contributed by atoms with van der Waals surface area (Å²) < 4.78 is 0. The molecule has 7 heteroatoms. The van der Waals surface area contributed by atoms with E-state index < -0.39 is 0 Å². The van der Waals surface area contributed by atoms with E-state index in [4.69, 9.17) is 11.6 Å². The average molecular weight is 446 g/mol. The lowest BCUT2D eigenvalue weighted by atomic mass is 10.1. The molecule has 5 nitrogen and oxygen atoms in total. The van der Waals surface area contributed by atoms with Gasteiger partial charge < -0.3 is 9.80 Å². The minimum absolute atomic E-state index is 0.0418. The van der Waals surface area contributed by atoms with Crippen LogP contribution in [-0.2, 0) is 11.2 Å². The largest absolute Gasteiger partial charge is 0.336 e. The Balaban J connectivity index is 1.48. The molecule has 0 radical (unpaired) electrons. The molecule has 0 spiro atoms. The summed E-state index contributed by atoms with van der Waals surface area (Å²) in [6.45, 7) is 4.25. The molecule has 30 heavy (non-hydrogen) atoms. The van der Waals surface area contributed by atoms with Gasteiger partial charge >= 0.3 is 0 Å². The van der Waals surface area contributed by atoms with Crippen molar-refractivity contribution in [1.29, 1.82) is 0 Å². The van der Waals surface area contributed by atoms with Crippen molar-refractivity contribution in [2.45, 2.75) is 11.3 Å². The number of carbonyl (C=O) groups is 2. The Bertz CT molecular complexity index is 850. The highest BCUT2D eigenvalue weighted by molar-refractivity contribution is 7.98. The third kappa shape index (κ3) is 5.78. The van der Waals surface area contributed by atoms with Gasteiger partial charge in [0.05, 0.1) is 0 Å². The van der Waals surface area contributed by atoms with E-state index in [-0.39, 0.29) is 17.7 Å². The zero-order valence-corrected chi connectivity index (χ0v) is 19.1. The molecule has 2 aromatic carbocycles. The van der Waals surface area contributed by atoms with Crippen LogP contribution in [0.25, 0.3) is 0 Å². The Morgan fingerprint density at radius 1 is 1.00 bits per heavy atom. The fourth-order valence-corrected chi connectivity index (χ4v) is 4.09. The number of hydrogen-bond acceptors (Lipinski definition) is 4. The summed E-state index contributed by atoms with van der Waals surface area (Å²) in [6.07, 6.45) is 3.11. The Morgan fingerprint density at radius 2 is 1.63 bits per heavy atom. The molecule has 1 saturated heterocycles. The molecule has 2 amide bonds. The number of thioether (sulfide) groups is 1. The van der Waals surface area contributed by atoms with Gasteiger partial charge in [0.1, 0.15) is 5.88 Å². The van der Waals surface area contributed by atoms with E-state index in [2.05, 4.69) is 35.4 Å². The predicted molar refractivity (Wildman–Crippen MR) is 125 cm³/mol. The molecule has 3 rings (SSSR count). The highest BCUT2D eigenvalue weighted by atomic mass is 35.5. The lowest BCUT2D eigenvalue weighted by Gasteiger charge is -2.34. The maximum Gasteiger partial charge on any atom is 0.253 e. The maximum absolute atomic E-state index is 12.8. The first-order valence-electron chi connectivity index (χ1n) is 10.1. The molecule has 0 aromatic heterocycles. The number of piperazine rings is 1. The highest BCUT2D eigenvalue weighted by Gasteiger charge is 2.22. The molecule has 1 heterocycles. The summed E-state index contributed by atoms with van der Waals surface area (Å²) >= 11 is 7.36. The van der Waals surface area contributed by atoms with Crippen LogP contribution in [0.1, 0.15) is 15.9 Å². The van der Waals surface area contributed by atoms with Gasteiger partial charge in [-0.2, -0.15) is 0 Å². The molecule has 2 aromatic rings. The van der Waals surface area contributed by atoms with Crippen LogP contribution in [-0.4, -0.2) is 73.5 Å². The normalized spacial score (nSPS) is 14.6. The monoisotopic (exact) mass is 445 g/mol. The van der Waals surface area contributed by atoms with Crippen molar-refractivity contribution in [3.8, 4) is 0 Å². The molecule has 0 saturated carbocycles. The lowest BCUT2D eigenvalue weighted by Crippen LogP contribution is -2.49. The molecule has 0 bridgehead atoms. The smallest absolute Gasteiger partial charge is 0.253 e. The third-order valence-corrected chi connectivity index (χ3v) is 6.50. The van der Waals surface area contributed by atoms with Crippen LogP contribution in [0, 0.1) is 0 Å². The first-order valence-corrected chi connectivity index (χ1v) is 11.8. The Kier molecular flexibility index (Phi) is 8.19. The number of nitrogens with zero attached hydrogens (tertiary/aromatic N) is 3. The average Bonchev–Trinajstić information content (AvgIpc) is 2.82. The van der Waals surface area contributed by atoms with Crippen molar-refractivity contribution < 1.29 is 9.59 Å². The number of benzene rings is 2. The summed E-state index contributed by atoms with van der Waals surface area (Å²) in [5, 5.41) is 0. The number of amides is 2. The van der Waals surface area contributed by atoms with Gasteiger partial charge in [-0.1, -0.05) is 12.1 Å². The highest BCUT2D eigenvalue weighted by Crippen LogP contribution is 2.18. The molecule has 0 atom stereocenters. The van der Waals surface area contributed by atoms with Crippen molar-refractivity contribution in [1.82, 2.24) is 9.80 Å². The van der Waals surface area contributed by atoms with Crippen molar-refractivity contribution >= 4 is 40.9 Å². The number of alkyl halides is 1. The summed E-state index contributed by atoms with van der Waals surface area (Å²) in [5.74, 6) is -0.197. The molecule has 0 aliphatic carbocycles. The molecule has 1 aliphatic heterocycles. The van der Waals surface area contributed by atoms with Crippen molar-refractivity contribution in [3.05, 3.63) is 59.7 Å². The summed E-state index contributed by atoms with van der Waals surface area (Å²) in [5.41, 5.74) is 2.73. The van der Waals surface area contributed by atoms with Gasteiger partial charge in [-0.3, -0.25) is 14.5 Å². The van der Waals surface area contributed by atoms with Crippen LogP contribution in [0.15, 0.2) is 53.4 Å². The minimum atomic E-state index is -0.174. The second kappa shape index (κ2) is 10.8. The third-order valence-electron chi connectivity index (χ3n) is 5.53. The van der Waals surface area contributed by atoms with E-state index in [0.29, 0.717) is 5.56 Å². The summed E-state index contributed by atoms with van der Waals surface area (Å²) in [4.78, 5) is 31.6. The van der Waals surface area contributed by atoms with Crippen LogP contribution in [0.5, 0.6) is 0 Å². The topological polar surface area (TPSA) is 43.9 Å². The number of anilines is 1. The molecular weight excluding hydrogens is 418 g/mol. The van der Waals surface area contributed by atoms with Crippen LogP contribution in [0.4, 0.5) is 5.69 Å². The molecule has 1 fully saturated rings. The quantitative estimate of drug-likeness (QED) is 0.482. The maximum atomic E-state index is 12.8. The molecular formula is C23H28ClN3O2S. The fourth-order valence-electron chi connectivity index (χ4n) is 3.50. The number of halogens is 1. The van der Waals surface area contributed by atoms with Crippen LogP contribution in [0.2, 0.25) is 0 Å². The number of hydrogen-bond donors (Lipinski definition) is 0. The molecule has 0 N–H and O–H groups in total. The van der Waals surface area contributed by atoms with E-state index in [1.807, 2.05) is 4.90 Å². The fraction of sp³-hybridized carbons (Fsp3) is 0.391. The Hall–Kier alpha value is -2.02. The first-order chi connectivity index (χ1) is 14.5. The molecule has 1 aliphatic rings. The first kappa shape index (κ1) is 22.7. The van der Waals surface area contributed by atoms with Gasteiger partial charge in [0.2, 0.25) is 5.91 Å². The van der Waals surface area contributed by atoms with Crippen molar-refractivity contribution in [2.24, 2.45) is 0 Å². The Labute approximate surface area is 188 Å². The van der Waals surface area contributed by atoms with Gasteiger partial charge in [-0.25, -0.2) is 0 Å². The number of rotatable bonds is 7. The number of carbonyl (C=O) groups excluding carboxylic acids is 2. The summed E-state index contributed by atoms with van der Waals surface area (Å²) in [7, 11) is 1.68. The van der Waals surface area contributed by atoms with Crippen molar-refractivity contribution in [2.75, 3.05) is 56.8 Å². The van der Waals surface area contributed by atoms with Crippen LogP contribution < -0.4 is 4.90 Å². The van der Waals surface area contributed by atoms with E-state index in [0.717, 1.165) is 44.8 Å². The zero-order chi connectivity index (χ0) is 21.5. The van der Waals surface area contributed by atoms with E-state index >= 15 is 0 Å². The Morgan fingerprint density at radius 3 is 2.20 bits per heavy atom. The molecule has 160 valence electrons. The van der Waals surface area contributed by atoms with Crippen LogP contribution >= 0.6 is 23.4 Å².